The molecular weight excluding hydrogens is 356 g/mol. The van der Waals surface area contributed by atoms with Gasteiger partial charge in [0.2, 0.25) is 0 Å². The minimum atomic E-state index is -0.466. The summed E-state index contributed by atoms with van der Waals surface area (Å²) in [7, 11) is 0. The fourth-order valence-corrected chi connectivity index (χ4v) is 2.76. The van der Waals surface area contributed by atoms with Crippen LogP contribution in [0.5, 0.6) is 0 Å². The molecule has 0 spiro atoms. The second-order valence-electron chi connectivity index (χ2n) is 6.12. The van der Waals surface area contributed by atoms with E-state index in [1.165, 1.54) is 0 Å². The Morgan fingerprint density at radius 3 is 1.50 bits per heavy atom. The molecule has 0 atom stereocenters. The van der Waals surface area contributed by atoms with Crippen LogP contribution < -0.4 is 10.6 Å². The molecule has 2 heterocycles. The number of amides is 2. The average Bonchev–Trinajstić information content (AvgIpc) is 3.26. The first kappa shape index (κ1) is 17.4. The molecule has 0 aliphatic heterocycles. The van der Waals surface area contributed by atoms with Crippen LogP contribution in [0.1, 0.15) is 11.4 Å². The molecule has 2 amide bonds. The largest absolute Gasteiger partial charge is 0.326 e. The molecule has 4 rings (SSSR count). The molecule has 0 bridgehead atoms. The second-order valence-corrected chi connectivity index (χ2v) is 6.12. The molecule has 28 heavy (non-hydrogen) atoms. The van der Waals surface area contributed by atoms with Crippen LogP contribution in [0.3, 0.4) is 0 Å². The van der Waals surface area contributed by atoms with Gasteiger partial charge in [-0.15, -0.1) is 10.2 Å². The Labute approximate surface area is 161 Å². The van der Waals surface area contributed by atoms with Gasteiger partial charge in [-0.1, -0.05) is 46.8 Å². The van der Waals surface area contributed by atoms with E-state index >= 15 is 0 Å². The van der Waals surface area contributed by atoms with Crippen LogP contribution in [0.15, 0.2) is 60.7 Å². The van der Waals surface area contributed by atoms with E-state index in [1.54, 1.807) is 9.36 Å². The van der Waals surface area contributed by atoms with Gasteiger partial charge in [-0.3, -0.25) is 10.6 Å². The summed E-state index contributed by atoms with van der Waals surface area (Å²) < 4.78 is 3.32. The lowest BCUT2D eigenvalue weighted by Gasteiger charge is -2.06. The number of nitrogens with one attached hydrogen (secondary N) is 2. The van der Waals surface area contributed by atoms with Gasteiger partial charge >= 0.3 is 6.03 Å². The summed E-state index contributed by atoms with van der Waals surface area (Å²) in [5.74, 6) is 0.740. The average molecular weight is 374 g/mol. The van der Waals surface area contributed by atoms with E-state index < -0.39 is 6.03 Å². The molecule has 2 N–H and O–H groups in total. The van der Waals surface area contributed by atoms with Crippen LogP contribution in [-0.2, 0) is 0 Å². The maximum atomic E-state index is 12.4. The number of carbonyl (C=O) groups excluding carboxylic acids is 1. The highest BCUT2D eigenvalue weighted by Gasteiger charge is 2.16. The lowest BCUT2D eigenvalue weighted by atomic mass is 10.3. The van der Waals surface area contributed by atoms with Crippen LogP contribution in [0.4, 0.5) is 16.4 Å². The van der Waals surface area contributed by atoms with Gasteiger partial charge in [0.1, 0.15) is 0 Å². The van der Waals surface area contributed by atoms with Crippen LogP contribution in [-0.4, -0.2) is 36.0 Å². The smallest absolute Gasteiger partial charge is 0.289 e. The zero-order valence-electron chi connectivity index (χ0n) is 15.4. The second kappa shape index (κ2) is 7.31. The number of urea groups is 1. The third-order valence-corrected chi connectivity index (χ3v) is 4.25. The summed E-state index contributed by atoms with van der Waals surface area (Å²) in [6.07, 6.45) is 0. The topological polar surface area (TPSA) is 103 Å². The zero-order chi connectivity index (χ0) is 19.5. The molecule has 9 heteroatoms. The molecule has 0 saturated heterocycles. The first-order chi connectivity index (χ1) is 13.6. The number of rotatable bonds is 4. The number of aromatic nitrogens is 6. The Kier molecular flexibility index (Phi) is 4.55. The van der Waals surface area contributed by atoms with E-state index in [-0.39, 0.29) is 0 Å². The monoisotopic (exact) mass is 374 g/mol. The zero-order valence-corrected chi connectivity index (χ0v) is 15.4. The first-order valence-electron chi connectivity index (χ1n) is 8.67. The van der Waals surface area contributed by atoms with Crippen molar-refractivity contribution in [1.29, 1.82) is 0 Å². The SMILES string of the molecule is Cc1c(NC(=O)Nc2nnn(-c3ccccc3)c2C)nnn1-c1ccccc1. The third-order valence-electron chi connectivity index (χ3n) is 4.25. The normalized spacial score (nSPS) is 10.6. The van der Waals surface area contributed by atoms with E-state index in [1.807, 2.05) is 74.5 Å². The summed E-state index contributed by atoms with van der Waals surface area (Å²) in [4.78, 5) is 12.4. The standard InChI is InChI=1S/C19H18N8O/c1-13-17(22-24-26(13)15-9-5-3-6-10-15)20-19(28)21-18-14(2)27(25-23-18)16-11-7-4-8-12-16/h3-12H,1-2H3,(H2,20,21,28). The van der Waals surface area contributed by atoms with Gasteiger partial charge < -0.3 is 0 Å². The van der Waals surface area contributed by atoms with Gasteiger partial charge in [0.15, 0.2) is 11.6 Å². The summed E-state index contributed by atoms with van der Waals surface area (Å²) >= 11 is 0. The highest BCUT2D eigenvalue weighted by Crippen LogP contribution is 2.18. The number of benzene rings is 2. The van der Waals surface area contributed by atoms with Gasteiger partial charge in [0, 0.05) is 0 Å². The Bertz CT molecular complexity index is 1010. The lowest BCUT2D eigenvalue weighted by Crippen LogP contribution is -2.21. The predicted molar refractivity (Wildman–Crippen MR) is 105 cm³/mol. The van der Waals surface area contributed by atoms with Crippen molar-refractivity contribution in [3.05, 3.63) is 72.1 Å². The van der Waals surface area contributed by atoms with Gasteiger partial charge in [-0.05, 0) is 38.1 Å². The summed E-state index contributed by atoms with van der Waals surface area (Å²) in [6.45, 7) is 3.67. The Hall–Kier alpha value is -4.01. The molecule has 0 unspecified atom stereocenters. The maximum Gasteiger partial charge on any atom is 0.326 e. The van der Waals surface area contributed by atoms with Gasteiger partial charge in [0.05, 0.1) is 22.8 Å². The number of carbonyl (C=O) groups is 1. The van der Waals surface area contributed by atoms with Crippen LogP contribution in [0.25, 0.3) is 11.4 Å². The molecule has 0 saturated carbocycles. The summed E-state index contributed by atoms with van der Waals surface area (Å²) in [5.41, 5.74) is 3.15. The minimum absolute atomic E-state index is 0.370. The van der Waals surface area contributed by atoms with Crippen molar-refractivity contribution in [1.82, 2.24) is 30.0 Å². The van der Waals surface area contributed by atoms with Gasteiger partial charge in [-0.25, -0.2) is 14.2 Å². The molecule has 4 aromatic rings. The highest BCUT2D eigenvalue weighted by atomic mass is 16.2. The van der Waals surface area contributed by atoms with Crippen LogP contribution in [0.2, 0.25) is 0 Å². The molecular formula is C19H18N8O. The highest BCUT2D eigenvalue weighted by molar-refractivity contribution is 5.99. The Morgan fingerprint density at radius 1 is 0.714 bits per heavy atom. The summed E-state index contributed by atoms with van der Waals surface area (Å²) in [5, 5.41) is 21.7. The number of para-hydroxylation sites is 2. The van der Waals surface area contributed by atoms with Crippen molar-refractivity contribution in [3.8, 4) is 11.4 Å². The molecule has 140 valence electrons. The first-order valence-corrected chi connectivity index (χ1v) is 8.67. The molecule has 2 aromatic carbocycles. The van der Waals surface area contributed by atoms with Crippen LogP contribution >= 0.6 is 0 Å². The van der Waals surface area contributed by atoms with E-state index in [2.05, 4.69) is 31.3 Å². The molecule has 2 aromatic heterocycles. The number of anilines is 2. The quantitative estimate of drug-likeness (QED) is 0.571. The molecule has 0 aliphatic rings. The van der Waals surface area contributed by atoms with Crippen molar-refractivity contribution in [2.45, 2.75) is 13.8 Å². The van der Waals surface area contributed by atoms with E-state index in [4.69, 9.17) is 0 Å². The van der Waals surface area contributed by atoms with E-state index in [0.29, 0.717) is 23.0 Å². The Morgan fingerprint density at radius 2 is 1.11 bits per heavy atom. The van der Waals surface area contributed by atoms with Crippen molar-refractivity contribution >= 4 is 17.7 Å². The van der Waals surface area contributed by atoms with E-state index in [0.717, 1.165) is 11.4 Å². The van der Waals surface area contributed by atoms with Crippen LogP contribution in [0, 0.1) is 13.8 Å². The fourth-order valence-electron chi connectivity index (χ4n) is 2.76. The number of hydrogen-bond acceptors (Lipinski definition) is 5. The molecule has 0 fully saturated rings. The molecule has 0 radical (unpaired) electrons. The van der Waals surface area contributed by atoms with Gasteiger partial charge in [-0.2, -0.15) is 0 Å². The molecule has 0 aliphatic carbocycles. The predicted octanol–water partition coefficient (Wildman–Crippen LogP) is 3.11. The maximum absolute atomic E-state index is 12.4. The third kappa shape index (κ3) is 3.32. The van der Waals surface area contributed by atoms with Crippen molar-refractivity contribution in [2.75, 3.05) is 10.6 Å². The van der Waals surface area contributed by atoms with Crippen molar-refractivity contribution in [3.63, 3.8) is 0 Å². The lowest BCUT2D eigenvalue weighted by molar-refractivity contribution is 0.262. The minimum Gasteiger partial charge on any atom is -0.289 e. The fraction of sp³-hybridized carbons (Fsp3) is 0.105. The van der Waals surface area contributed by atoms with Gasteiger partial charge in [0.25, 0.3) is 0 Å². The molecule has 9 nitrogen and oxygen atoms in total. The van der Waals surface area contributed by atoms with Crippen molar-refractivity contribution in [2.24, 2.45) is 0 Å². The van der Waals surface area contributed by atoms with E-state index in [9.17, 15) is 4.79 Å². The van der Waals surface area contributed by atoms with Crippen molar-refractivity contribution < 1.29 is 4.79 Å². The Balaban J connectivity index is 1.49. The number of hydrogen-bond donors (Lipinski definition) is 2. The number of nitrogens with zero attached hydrogens (tertiary/aromatic N) is 6. The summed E-state index contributed by atoms with van der Waals surface area (Å²) in [6, 6.07) is 18.7.